The SMILES string of the molecule is CCC(C)(Cc1ccc(OC)cc1)[N+](=O)[O-]. The second kappa shape index (κ2) is 4.96. The molecule has 88 valence electrons. The predicted octanol–water partition coefficient (Wildman–Crippen LogP) is 2.68. The summed E-state index contributed by atoms with van der Waals surface area (Å²) in [4.78, 5) is 10.8. The number of nitro groups is 1. The summed E-state index contributed by atoms with van der Waals surface area (Å²) in [6.45, 7) is 3.52. The molecule has 0 aliphatic carbocycles. The number of ether oxygens (including phenoxy) is 1. The fourth-order valence-corrected chi connectivity index (χ4v) is 1.50. The van der Waals surface area contributed by atoms with Crippen molar-refractivity contribution in [3.05, 3.63) is 39.9 Å². The molecule has 0 saturated carbocycles. The van der Waals surface area contributed by atoms with Gasteiger partial charge < -0.3 is 4.74 Å². The van der Waals surface area contributed by atoms with E-state index in [4.69, 9.17) is 4.74 Å². The molecule has 0 N–H and O–H groups in total. The zero-order chi connectivity index (χ0) is 12.2. The molecule has 0 aliphatic heterocycles. The van der Waals surface area contributed by atoms with Crippen LogP contribution in [0.5, 0.6) is 5.75 Å². The summed E-state index contributed by atoms with van der Waals surface area (Å²) >= 11 is 0. The molecule has 1 aromatic rings. The first-order valence-corrected chi connectivity index (χ1v) is 5.29. The van der Waals surface area contributed by atoms with E-state index < -0.39 is 5.54 Å². The molecule has 0 fully saturated rings. The van der Waals surface area contributed by atoms with Crippen LogP contribution < -0.4 is 4.74 Å². The molecule has 0 bridgehead atoms. The van der Waals surface area contributed by atoms with Crippen molar-refractivity contribution in [1.82, 2.24) is 0 Å². The second-order valence-corrected chi connectivity index (χ2v) is 4.13. The van der Waals surface area contributed by atoms with E-state index in [-0.39, 0.29) is 4.92 Å². The van der Waals surface area contributed by atoms with Gasteiger partial charge in [-0.3, -0.25) is 10.1 Å². The first-order valence-electron chi connectivity index (χ1n) is 5.29. The van der Waals surface area contributed by atoms with Crippen LogP contribution in [0.15, 0.2) is 24.3 Å². The lowest BCUT2D eigenvalue weighted by Crippen LogP contribution is -2.36. The summed E-state index contributed by atoms with van der Waals surface area (Å²) in [5.41, 5.74) is 0.0797. The van der Waals surface area contributed by atoms with Crippen LogP contribution in [-0.4, -0.2) is 17.6 Å². The van der Waals surface area contributed by atoms with Crippen molar-refractivity contribution in [2.75, 3.05) is 7.11 Å². The van der Waals surface area contributed by atoms with Crippen LogP contribution in [0.4, 0.5) is 0 Å². The summed E-state index contributed by atoms with van der Waals surface area (Å²) in [5, 5.41) is 11.0. The minimum atomic E-state index is -0.880. The van der Waals surface area contributed by atoms with Gasteiger partial charge in [-0.15, -0.1) is 0 Å². The van der Waals surface area contributed by atoms with Gasteiger partial charge in [0.15, 0.2) is 0 Å². The molecule has 0 radical (unpaired) electrons. The van der Waals surface area contributed by atoms with E-state index in [1.165, 1.54) is 0 Å². The zero-order valence-electron chi connectivity index (χ0n) is 9.90. The molecule has 1 aromatic carbocycles. The predicted molar refractivity (Wildman–Crippen MR) is 62.4 cm³/mol. The molecule has 0 amide bonds. The molecule has 1 rings (SSSR count). The minimum Gasteiger partial charge on any atom is -0.497 e. The highest BCUT2D eigenvalue weighted by atomic mass is 16.6. The third kappa shape index (κ3) is 2.72. The molecule has 4 nitrogen and oxygen atoms in total. The molecule has 0 aliphatic rings. The minimum absolute atomic E-state index is 0.197. The van der Waals surface area contributed by atoms with E-state index in [0.717, 1.165) is 11.3 Å². The van der Waals surface area contributed by atoms with E-state index in [0.29, 0.717) is 12.8 Å². The first kappa shape index (κ1) is 12.5. The highest BCUT2D eigenvalue weighted by Crippen LogP contribution is 2.22. The topological polar surface area (TPSA) is 52.4 Å². The first-order chi connectivity index (χ1) is 7.51. The highest BCUT2D eigenvalue weighted by Gasteiger charge is 2.34. The van der Waals surface area contributed by atoms with Crippen LogP contribution in [-0.2, 0) is 6.42 Å². The summed E-state index contributed by atoms with van der Waals surface area (Å²) in [6, 6.07) is 7.39. The van der Waals surface area contributed by atoms with Crippen LogP contribution in [0.25, 0.3) is 0 Å². The Morgan fingerprint density at radius 1 is 1.38 bits per heavy atom. The maximum atomic E-state index is 11.0. The molecule has 1 unspecified atom stereocenters. The Morgan fingerprint density at radius 2 is 1.94 bits per heavy atom. The van der Waals surface area contributed by atoms with E-state index in [9.17, 15) is 10.1 Å². The Balaban J connectivity index is 2.82. The Bertz CT molecular complexity index is 361. The average molecular weight is 223 g/mol. The largest absolute Gasteiger partial charge is 0.497 e. The van der Waals surface area contributed by atoms with Gasteiger partial charge in [0.2, 0.25) is 5.54 Å². The monoisotopic (exact) mass is 223 g/mol. The lowest BCUT2D eigenvalue weighted by atomic mass is 9.91. The number of methoxy groups -OCH3 is 1. The number of nitrogens with zero attached hydrogens (tertiary/aromatic N) is 1. The van der Waals surface area contributed by atoms with Gasteiger partial charge >= 0.3 is 0 Å². The van der Waals surface area contributed by atoms with Gasteiger partial charge in [-0.2, -0.15) is 0 Å². The molecular weight excluding hydrogens is 206 g/mol. The van der Waals surface area contributed by atoms with Crippen molar-refractivity contribution in [2.45, 2.75) is 32.2 Å². The Hall–Kier alpha value is -1.58. The highest BCUT2D eigenvalue weighted by molar-refractivity contribution is 5.27. The molecule has 1 atom stereocenters. The van der Waals surface area contributed by atoms with Crippen LogP contribution in [0.1, 0.15) is 25.8 Å². The van der Waals surface area contributed by atoms with Crippen molar-refractivity contribution < 1.29 is 9.66 Å². The normalized spacial score (nSPS) is 14.2. The van der Waals surface area contributed by atoms with Crippen LogP contribution in [0, 0.1) is 10.1 Å². The third-order valence-electron chi connectivity index (χ3n) is 2.95. The van der Waals surface area contributed by atoms with Crippen LogP contribution in [0.3, 0.4) is 0 Å². The maximum Gasteiger partial charge on any atom is 0.223 e. The second-order valence-electron chi connectivity index (χ2n) is 4.13. The number of hydrogen-bond donors (Lipinski definition) is 0. The maximum absolute atomic E-state index is 11.0. The molecule has 0 spiro atoms. The number of rotatable bonds is 5. The molecular formula is C12H17NO3. The van der Waals surface area contributed by atoms with E-state index in [1.54, 1.807) is 14.0 Å². The quantitative estimate of drug-likeness (QED) is 0.569. The fourth-order valence-electron chi connectivity index (χ4n) is 1.50. The van der Waals surface area contributed by atoms with Crippen LogP contribution >= 0.6 is 0 Å². The van der Waals surface area contributed by atoms with Crippen molar-refractivity contribution in [3.8, 4) is 5.75 Å². The number of benzene rings is 1. The Morgan fingerprint density at radius 3 is 2.31 bits per heavy atom. The molecule has 0 aromatic heterocycles. The van der Waals surface area contributed by atoms with Gasteiger partial charge in [0.05, 0.1) is 7.11 Å². The van der Waals surface area contributed by atoms with Gasteiger partial charge in [0.1, 0.15) is 5.75 Å². The zero-order valence-corrected chi connectivity index (χ0v) is 9.90. The van der Waals surface area contributed by atoms with Gasteiger partial charge in [-0.05, 0) is 17.7 Å². The van der Waals surface area contributed by atoms with E-state index in [2.05, 4.69) is 0 Å². The van der Waals surface area contributed by atoms with Crippen molar-refractivity contribution in [1.29, 1.82) is 0 Å². The van der Waals surface area contributed by atoms with Crippen LogP contribution in [0.2, 0.25) is 0 Å². The van der Waals surface area contributed by atoms with Crippen molar-refractivity contribution in [3.63, 3.8) is 0 Å². The summed E-state index contributed by atoms with van der Waals surface area (Å²) < 4.78 is 5.04. The summed E-state index contributed by atoms with van der Waals surface area (Å²) in [6.07, 6.45) is 0.965. The van der Waals surface area contributed by atoms with Crippen molar-refractivity contribution in [2.24, 2.45) is 0 Å². The van der Waals surface area contributed by atoms with E-state index >= 15 is 0 Å². The molecule has 0 saturated heterocycles. The lowest BCUT2D eigenvalue weighted by molar-refractivity contribution is -0.565. The third-order valence-corrected chi connectivity index (χ3v) is 2.95. The van der Waals surface area contributed by atoms with Gasteiger partial charge in [-0.1, -0.05) is 19.1 Å². The van der Waals surface area contributed by atoms with E-state index in [1.807, 2.05) is 31.2 Å². The summed E-state index contributed by atoms with van der Waals surface area (Å²) in [5.74, 6) is 0.767. The van der Waals surface area contributed by atoms with Gasteiger partial charge in [-0.25, -0.2) is 0 Å². The lowest BCUT2D eigenvalue weighted by Gasteiger charge is -2.19. The van der Waals surface area contributed by atoms with Gasteiger partial charge in [0.25, 0.3) is 0 Å². The average Bonchev–Trinajstić information content (AvgIpc) is 2.29. The fraction of sp³-hybridized carbons (Fsp3) is 0.500. The Labute approximate surface area is 95.4 Å². The Kier molecular flexibility index (Phi) is 3.88. The van der Waals surface area contributed by atoms with Gasteiger partial charge in [0, 0.05) is 24.7 Å². The summed E-state index contributed by atoms with van der Waals surface area (Å²) in [7, 11) is 1.60. The number of hydrogen-bond acceptors (Lipinski definition) is 3. The smallest absolute Gasteiger partial charge is 0.223 e. The standard InChI is InChI=1S/C12H17NO3/c1-4-12(2,13(14)15)9-10-5-7-11(16-3)8-6-10/h5-8H,4,9H2,1-3H3. The van der Waals surface area contributed by atoms with Crippen molar-refractivity contribution >= 4 is 0 Å². The molecule has 16 heavy (non-hydrogen) atoms. The molecule has 0 heterocycles. The molecule has 4 heteroatoms.